The van der Waals surface area contributed by atoms with Gasteiger partial charge in [0, 0.05) is 19.4 Å². The fourth-order valence-electron chi connectivity index (χ4n) is 1.52. The van der Waals surface area contributed by atoms with Crippen LogP contribution in [0.4, 0.5) is 5.13 Å². The molecule has 2 rings (SSSR count). The summed E-state index contributed by atoms with van der Waals surface area (Å²) in [5.41, 5.74) is 1.24. The second-order valence-corrected chi connectivity index (χ2v) is 6.62. The average Bonchev–Trinajstić information content (AvgIpc) is 2.94. The molecule has 1 aromatic heterocycles. The predicted octanol–water partition coefficient (Wildman–Crippen LogP) is 3.08. The standard InChI is InChI=1S/C14H19N3O2S2/c1-11-3-5-12(6-4-11)19-9-10-20-14-17-16-13(21-14)15-7-8-18-2/h3-6H,7-10H2,1-2H3,(H,15,16). The van der Waals surface area contributed by atoms with Crippen LogP contribution in [-0.2, 0) is 4.74 Å². The molecular weight excluding hydrogens is 306 g/mol. The number of ether oxygens (including phenoxy) is 2. The topological polar surface area (TPSA) is 56.3 Å². The van der Waals surface area contributed by atoms with Gasteiger partial charge in [-0.1, -0.05) is 40.8 Å². The Morgan fingerprint density at radius 2 is 2.00 bits per heavy atom. The average molecular weight is 325 g/mol. The highest BCUT2D eigenvalue weighted by Gasteiger charge is 2.04. The highest BCUT2D eigenvalue weighted by atomic mass is 32.2. The Bertz CT molecular complexity index is 531. The Hall–Kier alpha value is -1.31. The fourth-order valence-corrected chi connectivity index (χ4v) is 3.19. The van der Waals surface area contributed by atoms with Crippen molar-refractivity contribution in [3.8, 4) is 5.75 Å². The molecule has 2 aromatic rings. The van der Waals surface area contributed by atoms with Gasteiger partial charge in [0.05, 0.1) is 13.2 Å². The third-order valence-electron chi connectivity index (χ3n) is 2.59. The zero-order chi connectivity index (χ0) is 14.9. The zero-order valence-electron chi connectivity index (χ0n) is 12.2. The van der Waals surface area contributed by atoms with Crippen molar-refractivity contribution in [2.75, 3.05) is 37.9 Å². The van der Waals surface area contributed by atoms with Gasteiger partial charge in [0.1, 0.15) is 5.75 Å². The second kappa shape index (κ2) is 8.86. The highest BCUT2D eigenvalue weighted by molar-refractivity contribution is 8.01. The first-order valence-corrected chi connectivity index (χ1v) is 8.46. The van der Waals surface area contributed by atoms with Gasteiger partial charge in [0.2, 0.25) is 5.13 Å². The van der Waals surface area contributed by atoms with Gasteiger partial charge in [0.25, 0.3) is 0 Å². The van der Waals surface area contributed by atoms with Crippen LogP contribution in [0.1, 0.15) is 5.56 Å². The van der Waals surface area contributed by atoms with Gasteiger partial charge in [-0.3, -0.25) is 0 Å². The van der Waals surface area contributed by atoms with Crippen LogP contribution in [0.25, 0.3) is 0 Å². The lowest BCUT2D eigenvalue weighted by Gasteiger charge is -2.04. The van der Waals surface area contributed by atoms with Crippen molar-refractivity contribution in [3.05, 3.63) is 29.8 Å². The number of thioether (sulfide) groups is 1. The normalized spacial score (nSPS) is 10.6. The summed E-state index contributed by atoms with van der Waals surface area (Å²) in [5, 5.41) is 12.2. The van der Waals surface area contributed by atoms with E-state index in [4.69, 9.17) is 9.47 Å². The second-order valence-electron chi connectivity index (χ2n) is 4.30. The molecule has 114 valence electrons. The maximum atomic E-state index is 5.67. The molecule has 0 saturated carbocycles. The van der Waals surface area contributed by atoms with Gasteiger partial charge in [0.15, 0.2) is 4.34 Å². The molecule has 0 aliphatic rings. The maximum absolute atomic E-state index is 5.67. The number of benzene rings is 1. The quantitative estimate of drug-likeness (QED) is 0.565. The molecule has 0 amide bonds. The monoisotopic (exact) mass is 325 g/mol. The molecule has 0 saturated heterocycles. The highest BCUT2D eigenvalue weighted by Crippen LogP contribution is 2.25. The molecule has 0 fully saturated rings. The molecule has 1 heterocycles. The van der Waals surface area contributed by atoms with E-state index in [9.17, 15) is 0 Å². The number of nitrogens with zero attached hydrogens (tertiary/aromatic N) is 2. The predicted molar refractivity (Wildman–Crippen MR) is 87.7 cm³/mol. The number of hydrogen-bond acceptors (Lipinski definition) is 7. The molecule has 0 aliphatic heterocycles. The lowest BCUT2D eigenvalue weighted by Crippen LogP contribution is -2.06. The van der Waals surface area contributed by atoms with E-state index in [2.05, 4.69) is 22.4 Å². The number of methoxy groups -OCH3 is 1. The van der Waals surface area contributed by atoms with Gasteiger partial charge in [-0.2, -0.15) is 0 Å². The van der Waals surface area contributed by atoms with Crippen molar-refractivity contribution in [2.45, 2.75) is 11.3 Å². The van der Waals surface area contributed by atoms with E-state index in [1.807, 2.05) is 24.3 Å². The summed E-state index contributed by atoms with van der Waals surface area (Å²) in [5.74, 6) is 1.75. The van der Waals surface area contributed by atoms with Gasteiger partial charge < -0.3 is 14.8 Å². The number of aryl methyl sites for hydroxylation is 1. The Labute approximate surface area is 133 Å². The number of anilines is 1. The summed E-state index contributed by atoms with van der Waals surface area (Å²) in [6.45, 7) is 4.12. The third kappa shape index (κ3) is 5.91. The Balaban J connectivity index is 1.65. The zero-order valence-corrected chi connectivity index (χ0v) is 13.8. The van der Waals surface area contributed by atoms with Crippen LogP contribution in [0.2, 0.25) is 0 Å². The van der Waals surface area contributed by atoms with E-state index in [0.717, 1.165) is 27.5 Å². The van der Waals surface area contributed by atoms with Gasteiger partial charge in [-0.15, -0.1) is 10.2 Å². The van der Waals surface area contributed by atoms with Crippen molar-refractivity contribution in [1.29, 1.82) is 0 Å². The summed E-state index contributed by atoms with van der Waals surface area (Å²) in [7, 11) is 1.68. The van der Waals surface area contributed by atoms with Crippen LogP contribution in [0.15, 0.2) is 28.6 Å². The molecule has 0 bridgehead atoms. The number of hydrogen-bond donors (Lipinski definition) is 1. The molecular formula is C14H19N3O2S2. The van der Waals surface area contributed by atoms with E-state index in [-0.39, 0.29) is 0 Å². The number of nitrogens with one attached hydrogen (secondary N) is 1. The van der Waals surface area contributed by atoms with E-state index in [1.165, 1.54) is 5.56 Å². The molecule has 5 nitrogen and oxygen atoms in total. The Morgan fingerprint density at radius 3 is 2.76 bits per heavy atom. The maximum Gasteiger partial charge on any atom is 0.206 e. The fraction of sp³-hybridized carbons (Fsp3) is 0.429. The largest absolute Gasteiger partial charge is 0.493 e. The van der Waals surface area contributed by atoms with Crippen LogP contribution in [0.5, 0.6) is 5.75 Å². The van der Waals surface area contributed by atoms with Crippen molar-refractivity contribution in [1.82, 2.24) is 10.2 Å². The van der Waals surface area contributed by atoms with Crippen molar-refractivity contribution < 1.29 is 9.47 Å². The summed E-state index contributed by atoms with van der Waals surface area (Å²) < 4.78 is 11.6. The molecule has 7 heteroatoms. The molecule has 0 atom stereocenters. The summed E-state index contributed by atoms with van der Waals surface area (Å²) >= 11 is 3.20. The first-order valence-electron chi connectivity index (χ1n) is 6.66. The van der Waals surface area contributed by atoms with Gasteiger partial charge in [-0.25, -0.2) is 0 Å². The minimum absolute atomic E-state index is 0.653. The van der Waals surface area contributed by atoms with Crippen molar-refractivity contribution in [2.24, 2.45) is 0 Å². The molecule has 0 aliphatic carbocycles. The molecule has 1 N–H and O–H groups in total. The van der Waals surface area contributed by atoms with Crippen LogP contribution in [-0.4, -0.2) is 42.8 Å². The molecule has 0 unspecified atom stereocenters. The molecule has 1 aromatic carbocycles. The lowest BCUT2D eigenvalue weighted by atomic mass is 10.2. The molecule has 21 heavy (non-hydrogen) atoms. The lowest BCUT2D eigenvalue weighted by molar-refractivity contribution is 0.211. The van der Waals surface area contributed by atoms with E-state index >= 15 is 0 Å². The van der Waals surface area contributed by atoms with Crippen LogP contribution >= 0.6 is 23.1 Å². The number of rotatable bonds is 9. The van der Waals surface area contributed by atoms with Crippen LogP contribution in [0, 0.1) is 6.92 Å². The number of aromatic nitrogens is 2. The molecule has 0 radical (unpaired) electrons. The van der Waals surface area contributed by atoms with Crippen LogP contribution < -0.4 is 10.1 Å². The Kier molecular flexibility index (Phi) is 6.78. The van der Waals surface area contributed by atoms with E-state index in [1.54, 1.807) is 30.2 Å². The first kappa shape index (κ1) is 16.1. The van der Waals surface area contributed by atoms with E-state index in [0.29, 0.717) is 13.2 Å². The SMILES string of the molecule is COCCNc1nnc(SCCOc2ccc(C)cc2)s1. The minimum Gasteiger partial charge on any atom is -0.493 e. The van der Waals surface area contributed by atoms with Crippen LogP contribution in [0.3, 0.4) is 0 Å². The van der Waals surface area contributed by atoms with Gasteiger partial charge in [-0.05, 0) is 19.1 Å². The summed E-state index contributed by atoms with van der Waals surface area (Å²) in [6.07, 6.45) is 0. The first-order chi connectivity index (χ1) is 10.3. The van der Waals surface area contributed by atoms with Crippen molar-refractivity contribution in [3.63, 3.8) is 0 Å². The Morgan fingerprint density at radius 1 is 1.19 bits per heavy atom. The van der Waals surface area contributed by atoms with E-state index < -0.39 is 0 Å². The summed E-state index contributed by atoms with van der Waals surface area (Å²) in [6, 6.07) is 8.07. The van der Waals surface area contributed by atoms with Gasteiger partial charge >= 0.3 is 0 Å². The minimum atomic E-state index is 0.653. The third-order valence-corrected chi connectivity index (χ3v) is 4.57. The summed E-state index contributed by atoms with van der Waals surface area (Å²) in [4.78, 5) is 0. The smallest absolute Gasteiger partial charge is 0.206 e. The van der Waals surface area contributed by atoms with Crippen molar-refractivity contribution >= 4 is 28.2 Å². The molecule has 0 spiro atoms.